The summed E-state index contributed by atoms with van der Waals surface area (Å²) in [6, 6.07) is 25.9. The number of hydrogen-bond donors (Lipinski definition) is 2. The van der Waals surface area contributed by atoms with Crippen LogP contribution in [0.5, 0.6) is 11.5 Å². The largest absolute Gasteiger partial charge is 0.497 e. The van der Waals surface area contributed by atoms with Crippen LogP contribution in [0.4, 0.5) is 10.1 Å². The van der Waals surface area contributed by atoms with Gasteiger partial charge in [-0.2, -0.15) is 0 Å². The van der Waals surface area contributed by atoms with Crippen LogP contribution >= 0.6 is 0 Å². The summed E-state index contributed by atoms with van der Waals surface area (Å²) in [5, 5.41) is 2.99. The van der Waals surface area contributed by atoms with Crippen molar-refractivity contribution in [3.8, 4) is 11.5 Å². The Morgan fingerprint density at radius 2 is 1.50 bits per heavy atom. The number of amides is 2. The van der Waals surface area contributed by atoms with E-state index in [4.69, 9.17) is 9.47 Å². The minimum Gasteiger partial charge on any atom is -0.497 e. The maximum atomic E-state index is 13.9. The van der Waals surface area contributed by atoms with Crippen LogP contribution in [0.15, 0.2) is 108 Å². The van der Waals surface area contributed by atoms with Gasteiger partial charge in [0.2, 0.25) is 5.91 Å². The van der Waals surface area contributed by atoms with Crippen LogP contribution in [-0.4, -0.2) is 45.4 Å². The monoisotopic (exact) mass is 647 g/mol. The van der Waals surface area contributed by atoms with E-state index >= 15 is 0 Å². The maximum Gasteiger partial charge on any atom is 0.261 e. The van der Waals surface area contributed by atoms with Crippen molar-refractivity contribution >= 4 is 27.5 Å². The molecule has 0 fully saturated rings. The molecule has 0 unspecified atom stereocenters. The second kappa shape index (κ2) is 16.4. The number of carbonyl (C=O) groups is 2. The lowest BCUT2D eigenvalue weighted by Gasteiger charge is -2.31. The number of rotatable bonds is 16. The van der Waals surface area contributed by atoms with Gasteiger partial charge in [0.05, 0.1) is 12.0 Å². The number of unbranched alkanes of at least 4 members (excludes halogenated alkanes) is 2. The van der Waals surface area contributed by atoms with Gasteiger partial charge < -0.3 is 19.7 Å². The molecular formula is C35H38FN3O6S. The Labute approximate surface area is 269 Å². The molecule has 0 saturated carbocycles. The number of anilines is 1. The third-order valence-corrected chi connectivity index (χ3v) is 8.58. The number of nitrogens with one attached hydrogen (secondary N) is 2. The Morgan fingerprint density at radius 1 is 0.848 bits per heavy atom. The lowest BCUT2D eigenvalue weighted by molar-refractivity contribution is -0.143. The smallest absolute Gasteiger partial charge is 0.261 e. The van der Waals surface area contributed by atoms with E-state index in [1.54, 1.807) is 19.2 Å². The molecule has 0 aliphatic carbocycles. The van der Waals surface area contributed by atoms with Gasteiger partial charge in [-0.3, -0.25) is 14.3 Å². The lowest BCUT2D eigenvalue weighted by Crippen LogP contribution is -2.45. The highest BCUT2D eigenvalue weighted by Gasteiger charge is 2.31. The number of halogens is 1. The Morgan fingerprint density at radius 3 is 2.13 bits per heavy atom. The molecule has 0 aliphatic rings. The lowest BCUT2D eigenvalue weighted by atomic mass is 10.0. The van der Waals surface area contributed by atoms with Crippen molar-refractivity contribution in [1.82, 2.24) is 10.2 Å². The van der Waals surface area contributed by atoms with Crippen molar-refractivity contribution in [2.45, 2.75) is 43.7 Å². The van der Waals surface area contributed by atoms with Crippen LogP contribution < -0.4 is 19.5 Å². The van der Waals surface area contributed by atoms with E-state index in [1.807, 2.05) is 42.5 Å². The molecule has 242 valence electrons. The van der Waals surface area contributed by atoms with Gasteiger partial charge >= 0.3 is 0 Å². The fourth-order valence-corrected chi connectivity index (χ4v) is 5.78. The number of hydrogen-bond acceptors (Lipinski definition) is 6. The Bertz CT molecular complexity index is 1670. The van der Waals surface area contributed by atoms with E-state index in [2.05, 4.69) is 17.0 Å². The predicted molar refractivity (Wildman–Crippen MR) is 174 cm³/mol. The van der Waals surface area contributed by atoms with E-state index in [0.717, 1.165) is 37.0 Å². The van der Waals surface area contributed by atoms with E-state index in [1.165, 1.54) is 41.3 Å². The maximum absolute atomic E-state index is 13.9. The number of ether oxygens (including phenoxy) is 2. The van der Waals surface area contributed by atoms with Gasteiger partial charge in [0.1, 0.15) is 23.4 Å². The third-order valence-electron chi connectivity index (χ3n) is 7.18. The first-order chi connectivity index (χ1) is 22.2. The van der Waals surface area contributed by atoms with Crippen LogP contribution in [-0.2, 0) is 26.2 Å². The molecule has 0 bridgehead atoms. The number of carbonyl (C=O) groups excluding carboxylic acids is 2. The van der Waals surface area contributed by atoms with Crippen molar-refractivity contribution in [3.05, 3.63) is 120 Å². The van der Waals surface area contributed by atoms with Crippen molar-refractivity contribution < 1.29 is 31.9 Å². The summed E-state index contributed by atoms with van der Waals surface area (Å²) < 4.78 is 52.3. The molecule has 1 atom stereocenters. The summed E-state index contributed by atoms with van der Waals surface area (Å²) in [5.74, 6) is -0.296. The van der Waals surface area contributed by atoms with Gasteiger partial charge in [-0.1, -0.05) is 62.2 Å². The number of methoxy groups -OCH3 is 1. The highest BCUT2D eigenvalue weighted by Crippen LogP contribution is 2.26. The topological polar surface area (TPSA) is 114 Å². The van der Waals surface area contributed by atoms with Gasteiger partial charge in [0, 0.05) is 18.8 Å². The zero-order valence-electron chi connectivity index (χ0n) is 25.8. The fraction of sp³-hybridized carbons (Fsp3) is 0.257. The molecular weight excluding hydrogens is 609 g/mol. The summed E-state index contributed by atoms with van der Waals surface area (Å²) in [4.78, 5) is 28.9. The van der Waals surface area contributed by atoms with Crippen LogP contribution in [0, 0.1) is 5.82 Å². The van der Waals surface area contributed by atoms with E-state index < -0.39 is 34.4 Å². The first-order valence-corrected chi connectivity index (χ1v) is 16.4. The van der Waals surface area contributed by atoms with E-state index in [0.29, 0.717) is 17.9 Å². The molecule has 4 rings (SSSR count). The van der Waals surface area contributed by atoms with Crippen molar-refractivity contribution in [3.63, 3.8) is 0 Å². The highest BCUT2D eigenvalue weighted by molar-refractivity contribution is 7.92. The van der Waals surface area contributed by atoms with Crippen LogP contribution in [0.3, 0.4) is 0 Å². The molecule has 0 spiro atoms. The van der Waals surface area contributed by atoms with Gasteiger partial charge in [-0.25, -0.2) is 12.8 Å². The zero-order valence-corrected chi connectivity index (χ0v) is 26.6. The molecule has 2 amide bonds. The van der Waals surface area contributed by atoms with Crippen LogP contribution in [0.2, 0.25) is 0 Å². The van der Waals surface area contributed by atoms with Gasteiger partial charge in [0.15, 0.2) is 6.61 Å². The average Bonchev–Trinajstić information content (AvgIpc) is 3.07. The van der Waals surface area contributed by atoms with Gasteiger partial charge in [-0.05, 0) is 78.2 Å². The molecule has 2 N–H and O–H groups in total. The van der Waals surface area contributed by atoms with Crippen molar-refractivity contribution in [2.75, 3.05) is 25.0 Å². The zero-order chi connectivity index (χ0) is 32.9. The average molecular weight is 648 g/mol. The number of benzene rings is 4. The molecule has 0 aromatic heterocycles. The fourth-order valence-electron chi connectivity index (χ4n) is 4.72. The van der Waals surface area contributed by atoms with E-state index in [-0.39, 0.29) is 28.8 Å². The van der Waals surface area contributed by atoms with Crippen molar-refractivity contribution in [2.24, 2.45) is 0 Å². The van der Waals surface area contributed by atoms with E-state index in [9.17, 15) is 22.4 Å². The summed E-state index contributed by atoms with van der Waals surface area (Å²) in [6.07, 6.45) is 2.81. The first-order valence-electron chi connectivity index (χ1n) is 15.0. The predicted octanol–water partition coefficient (Wildman–Crippen LogP) is 6.09. The van der Waals surface area contributed by atoms with Crippen molar-refractivity contribution in [1.29, 1.82) is 0 Å². The van der Waals surface area contributed by atoms with Crippen LogP contribution in [0.1, 0.15) is 43.4 Å². The number of sulfonamides is 1. The summed E-state index contributed by atoms with van der Waals surface area (Å²) in [5.41, 5.74) is 1.66. The summed E-state index contributed by atoms with van der Waals surface area (Å²) >= 11 is 0. The minimum atomic E-state index is -3.95. The standard InChI is InChI=1S/C35H38FN3O6S/c1-3-4-8-23-37-35(41)34(27-9-6-5-7-10-27)39(24-26-11-17-30(44-2)18-12-26)33(40)25-45-31-19-21-32(22-20-31)46(42,43)38-29-15-13-28(36)14-16-29/h5-7,9-22,34,38H,3-4,8,23-25H2,1-2H3,(H,37,41)/t34-/m0/s1. The SMILES string of the molecule is CCCCCNC(=O)[C@H](c1ccccc1)N(Cc1ccc(OC)cc1)C(=O)COc1ccc(S(=O)(=O)Nc2ccc(F)cc2)cc1. The highest BCUT2D eigenvalue weighted by atomic mass is 32.2. The van der Waals surface area contributed by atoms with Gasteiger partial charge in [0.25, 0.3) is 15.9 Å². The quantitative estimate of drug-likeness (QED) is 0.142. The normalized spacial score (nSPS) is 11.7. The molecule has 0 aliphatic heterocycles. The molecule has 9 nitrogen and oxygen atoms in total. The summed E-state index contributed by atoms with van der Waals surface area (Å²) in [6.45, 7) is 2.30. The molecule has 4 aromatic carbocycles. The van der Waals surface area contributed by atoms with Crippen LogP contribution in [0.25, 0.3) is 0 Å². The first kappa shape index (κ1) is 34.0. The molecule has 0 radical (unpaired) electrons. The Balaban J connectivity index is 1.53. The Kier molecular flexibility index (Phi) is 12.1. The third kappa shape index (κ3) is 9.55. The molecule has 0 heterocycles. The van der Waals surface area contributed by atoms with Gasteiger partial charge in [-0.15, -0.1) is 0 Å². The minimum absolute atomic E-state index is 0.0412. The summed E-state index contributed by atoms with van der Waals surface area (Å²) in [7, 11) is -2.38. The Hall–Kier alpha value is -4.90. The number of nitrogens with zero attached hydrogens (tertiary/aromatic N) is 1. The second-order valence-corrected chi connectivity index (χ2v) is 12.2. The second-order valence-electron chi connectivity index (χ2n) is 10.6. The molecule has 11 heteroatoms. The molecule has 4 aromatic rings. The molecule has 46 heavy (non-hydrogen) atoms. The molecule has 0 saturated heterocycles.